The number of aromatic nitrogens is 2. The summed E-state index contributed by atoms with van der Waals surface area (Å²) < 4.78 is 0.624. The molecule has 0 saturated carbocycles. The SMILES string of the molecule is O=C(CSc1nnc(NC(=O)c2ccc3ccccc3c2)s1)NCc1ccccc1. The molecule has 3 aromatic carbocycles. The minimum atomic E-state index is -0.242. The number of benzene rings is 3. The highest BCUT2D eigenvalue weighted by Crippen LogP contribution is 2.26. The Labute approximate surface area is 181 Å². The second kappa shape index (κ2) is 9.51. The highest BCUT2D eigenvalue weighted by molar-refractivity contribution is 8.01. The van der Waals surface area contributed by atoms with Crippen molar-refractivity contribution < 1.29 is 9.59 Å². The van der Waals surface area contributed by atoms with Crippen LogP contribution in [0.3, 0.4) is 0 Å². The van der Waals surface area contributed by atoms with Crippen LogP contribution in [-0.2, 0) is 11.3 Å². The molecule has 150 valence electrons. The van der Waals surface area contributed by atoms with Gasteiger partial charge in [0.15, 0.2) is 4.34 Å². The van der Waals surface area contributed by atoms with Crippen LogP contribution >= 0.6 is 23.1 Å². The fourth-order valence-corrected chi connectivity index (χ4v) is 4.37. The summed E-state index contributed by atoms with van der Waals surface area (Å²) in [5.41, 5.74) is 1.60. The number of amides is 2. The fourth-order valence-electron chi connectivity index (χ4n) is 2.79. The smallest absolute Gasteiger partial charge is 0.257 e. The Balaban J connectivity index is 1.29. The van der Waals surface area contributed by atoms with E-state index in [4.69, 9.17) is 0 Å². The lowest BCUT2D eigenvalue weighted by Gasteiger charge is -2.04. The normalized spacial score (nSPS) is 10.7. The van der Waals surface area contributed by atoms with E-state index in [1.165, 1.54) is 23.1 Å². The molecule has 0 aliphatic heterocycles. The van der Waals surface area contributed by atoms with E-state index in [2.05, 4.69) is 20.8 Å². The Kier molecular flexibility index (Phi) is 6.36. The second-order valence-corrected chi connectivity index (χ2v) is 8.64. The number of nitrogens with zero attached hydrogens (tertiary/aromatic N) is 2. The molecule has 0 radical (unpaired) electrons. The van der Waals surface area contributed by atoms with Crippen molar-refractivity contribution >= 4 is 50.8 Å². The zero-order valence-electron chi connectivity index (χ0n) is 15.9. The van der Waals surface area contributed by atoms with E-state index >= 15 is 0 Å². The van der Waals surface area contributed by atoms with Crippen molar-refractivity contribution in [3.8, 4) is 0 Å². The molecule has 0 fully saturated rings. The lowest BCUT2D eigenvalue weighted by atomic mass is 10.1. The third-order valence-electron chi connectivity index (χ3n) is 4.30. The Bertz CT molecular complexity index is 1180. The molecule has 2 amide bonds. The molecule has 0 spiro atoms. The number of anilines is 1. The molecule has 0 saturated heterocycles. The van der Waals surface area contributed by atoms with E-state index in [1.54, 1.807) is 6.07 Å². The number of thioether (sulfide) groups is 1. The van der Waals surface area contributed by atoms with Crippen LogP contribution in [0.1, 0.15) is 15.9 Å². The molecular formula is C22H18N4O2S2. The number of nitrogens with one attached hydrogen (secondary N) is 2. The lowest BCUT2D eigenvalue weighted by molar-refractivity contribution is -0.118. The van der Waals surface area contributed by atoms with Gasteiger partial charge in [0, 0.05) is 12.1 Å². The van der Waals surface area contributed by atoms with Gasteiger partial charge in [-0.3, -0.25) is 14.9 Å². The summed E-state index contributed by atoms with van der Waals surface area (Å²) in [7, 11) is 0. The van der Waals surface area contributed by atoms with Gasteiger partial charge in [-0.05, 0) is 28.5 Å². The topological polar surface area (TPSA) is 84.0 Å². The third-order valence-corrected chi connectivity index (χ3v) is 6.27. The quantitative estimate of drug-likeness (QED) is 0.334. The zero-order valence-corrected chi connectivity index (χ0v) is 17.5. The molecule has 8 heteroatoms. The van der Waals surface area contributed by atoms with Crippen LogP contribution in [0.5, 0.6) is 0 Å². The predicted molar refractivity (Wildman–Crippen MR) is 121 cm³/mol. The number of carbonyl (C=O) groups is 2. The maximum atomic E-state index is 12.5. The monoisotopic (exact) mass is 434 g/mol. The number of rotatable bonds is 7. The Morgan fingerprint density at radius 3 is 2.50 bits per heavy atom. The van der Waals surface area contributed by atoms with Gasteiger partial charge in [-0.25, -0.2) is 0 Å². The highest BCUT2D eigenvalue weighted by Gasteiger charge is 2.12. The van der Waals surface area contributed by atoms with Crippen molar-refractivity contribution in [3.63, 3.8) is 0 Å². The van der Waals surface area contributed by atoms with E-state index in [0.29, 0.717) is 21.6 Å². The van der Waals surface area contributed by atoms with E-state index in [1.807, 2.05) is 66.7 Å². The largest absolute Gasteiger partial charge is 0.351 e. The van der Waals surface area contributed by atoms with Crippen LogP contribution in [0, 0.1) is 0 Å². The van der Waals surface area contributed by atoms with E-state index in [0.717, 1.165) is 16.3 Å². The number of carbonyl (C=O) groups excluding carboxylic acids is 2. The molecule has 2 N–H and O–H groups in total. The zero-order chi connectivity index (χ0) is 20.8. The maximum Gasteiger partial charge on any atom is 0.257 e. The van der Waals surface area contributed by atoms with E-state index in [9.17, 15) is 9.59 Å². The number of hydrogen-bond acceptors (Lipinski definition) is 6. The van der Waals surface area contributed by atoms with Crippen LogP contribution in [0.15, 0.2) is 77.1 Å². The number of fused-ring (bicyclic) bond motifs is 1. The maximum absolute atomic E-state index is 12.5. The first kappa shape index (κ1) is 20.1. The third kappa shape index (κ3) is 5.22. The molecule has 1 aromatic heterocycles. The van der Waals surface area contributed by atoms with Crippen LogP contribution in [0.25, 0.3) is 10.8 Å². The van der Waals surface area contributed by atoms with Crippen molar-refractivity contribution in [1.82, 2.24) is 15.5 Å². The van der Waals surface area contributed by atoms with Gasteiger partial charge in [0.05, 0.1) is 5.75 Å². The Hall–Kier alpha value is -3.23. The van der Waals surface area contributed by atoms with Gasteiger partial charge in [0.1, 0.15) is 0 Å². The molecule has 0 bridgehead atoms. The van der Waals surface area contributed by atoms with Crippen LogP contribution in [0.2, 0.25) is 0 Å². The molecule has 1 heterocycles. The van der Waals surface area contributed by atoms with Crippen molar-refractivity contribution in [2.45, 2.75) is 10.9 Å². The van der Waals surface area contributed by atoms with Gasteiger partial charge in [-0.2, -0.15) is 0 Å². The Morgan fingerprint density at radius 2 is 1.67 bits per heavy atom. The van der Waals surface area contributed by atoms with Crippen LogP contribution in [0.4, 0.5) is 5.13 Å². The van der Waals surface area contributed by atoms with Crippen LogP contribution in [-0.4, -0.2) is 27.8 Å². The molecule has 30 heavy (non-hydrogen) atoms. The molecule has 4 aromatic rings. The summed E-state index contributed by atoms with van der Waals surface area (Å²) in [6.07, 6.45) is 0. The van der Waals surface area contributed by atoms with Gasteiger partial charge in [-0.15, -0.1) is 10.2 Å². The number of hydrogen-bond donors (Lipinski definition) is 2. The molecule has 0 aliphatic rings. The lowest BCUT2D eigenvalue weighted by Crippen LogP contribution is -2.24. The summed E-state index contributed by atoms with van der Waals surface area (Å²) in [6, 6.07) is 23.1. The average molecular weight is 435 g/mol. The van der Waals surface area contributed by atoms with Crippen molar-refractivity contribution in [1.29, 1.82) is 0 Å². The van der Waals surface area contributed by atoms with Crippen molar-refractivity contribution in [2.75, 3.05) is 11.1 Å². The first-order valence-electron chi connectivity index (χ1n) is 9.24. The first-order valence-corrected chi connectivity index (χ1v) is 11.0. The van der Waals surface area contributed by atoms with Crippen LogP contribution < -0.4 is 10.6 Å². The minimum absolute atomic E-state index is 0.0826. The minimum Gasteiger partial charge on any atom is -0.351 e. The van der Waals surface area contributed by atoms with Gasteiger partial charge in [0.25, 0.3) is 5.91 Å². The summed E-state index contributed by atoms with van der Waals surface area (Å²) >= 11 is 2.54. The predicted octanol–water partition coefficient (Wildman–Crippen LogP) is 4.35. The molecule has 6 nitrogen and oxygen atoms in total. The van der Waals surface area contributed by atoms with Gasteiger partial charge in [0.2, 0.25) is 11.0 Å². The first-order chi connectivity index (χ1) is 14.7. The fraction of sp³-hybridized carbons (Fsp3) is 0.0909. The molecule has 0 aliphatic carbocycles. The molecular weight excluding hydrogens is 416 g/mol. The van der Waals surface area contributed by atoms with Gasteiger partial charge in [-0.1, -0.05) is 83.8 Å². The van der Waals surface area contributed by atoms with E-state index < -0.39 is 0 Å². The van der Waals surface area contributed by atoms with E-state index in [-0.39, 0.29) is 17.6 Å². The summed E-state index contributed by atoms with van der Waals surface area (Å²) in [5.74, 6) is -0.0880. The second-order valence-electron chi connectivity index (χ2n) is 6.44. The summed E-state index contributed by atoms with van der Waals surface area (Å²) in [5, 5.41) is 16.2. The van der Waals surface area contributed by atoms with Crippen molar-refractivity contribution in [3.05, 3.63) is 83.9 Å². The van der Waals surface area contributed by atoms with Crippen molar-refractivity contribution in [2.24, 2.45) is 0 Å². The highest BCUT2D eigenvalue weighted by atomic mass is 32.2. The Morgan fingerprint density at radius 1 is 0.900 bits per heavy atom. The molecule has 4 rings (SSSR count). The molecule has 0 atom stereocenters. The summed E-state index contributed by atoms with van der Waals surface area (Å²) in [4.78, 5) is 24.5. The van der Waals surface area contributed by atoms with Gasteiger partial charge >= 0.3 is 0 Å². The standard InChI is InChI=1S/C22H18N4O2S2/c27-19(23-13-15-6-2-1-3-7-15)14-29-22-26-25-21(30-22)24-20(28)18-11-10-16-8-4-5-9-17(16)12-18/h1-12H,13-14H2,(H,23,27)(H,24,25,28). The average Bonchev–Trinajstić information content (AvgIpc) is 3.24. The molecule has 0 unspecified atom stereocenters. The summed E-state index contributed by atoms with van der Waals surface area (Å²) in [6.45, 7) is 0.490. The van der Waals surface area contributed by atoms with Gasteiger partial charge < -0.3 is 5.32 Å².